The number of nitrogens with zero attached hydrogens (tertiary/aromatic N) is 1. The highest BCUT2D eigenvalue weighted by molar-refractivity contribution is 4.79. The SMILES string of the molecule is C=CCCCCCN(CCO)C1CCC1. The van der Waals surface area contributed by atoms with Crippen molar-refractivity contribution in [1.82, 2.24) is 4.90 Å². The number of hydrogen-bond donors (Lipinski definition) is 1. The Morgan fingerprint density at radius 3 is 2.53 bits per heavy atom. The summed E-state index contributed by atoms with van der Waals surface area (Å²) in [6.45, 7) is 6.07. The van der Waals surface area contributed by atoms with Gasteiger partial charge in [0.05, 0.1) is 6.61 Å². The molecule has 1 rings (SSSR count). The Labute approximate surface area is 94.0 Å². The van der Waals surface area contributed by atoms with E-state index in [0.29, 0.717) is 6.61 Å². The van der Waals surface area contributed by atoms with Crippen molar-refractivity contribution in [2.75, 3.05) is 19.7 Å². The van der Waals surface area contributed by atoms with Gasteiger partial charge in [-0.3, -0.25) is 4.90 Å². The van der Waals surface area contributed by atoms with Crippen LogP contribution in [-0.2, 0) is 0 Å². The van der Waals surface area contributed by atoms with Gasteiger partial charge >= 0.3 is 0 Å². The Bertz CT molecular complexity index is 166. The number of unbranched alkanes of at least 4 members (excludes halogenated alkanes) is 3. The maximum Gasteiger partial charge on any atom is 0.0558 e. The van der Waals surface area contributed by atoms with Gasteiger partial charge in [-0.1, -0.05) is 18.9 Å². The molecular weight excluding hydrogens is 186 g/mol. The van der Waals surface area contributed by atoms with E-state index in [1.54, 1.807) is 0 Å². The summed E-state index contributed by atoms with van der Waals surface area (Å²) in [7, 11) is 0. The summed E-state index contributed by atoms with van der Waals surface area (Å²) in [4.78, 5) is 2.47. The summed E-state index contributed by atoms with van der Waals surface area (Å²) in [5, 5.41) is 8.99. The Morgan fingerprint density at radius 2 is 2.00 bits per heavy atom. The molecule has 0 atom stereocenters. The van der Waals surface area contributed by atoms with Gasteiger partial charge in [0.25, 0.3) is 0 Å². The molecule has 1 fully saturated rings. The van der Waals surface area contributed by atoms with E-state index in [2.05, 4.69) is 11.5 Å². The molecule has 0 saturated heterocycles. The maximum absolute atomic E-state index is 8.99. The number of aliphatic hydroxyl groups excluding tert-OH is 1. The second-order valence-electron chi connectivity index (χ2n) is 4.48. The third-order valence-corrected chi connectivity index (χ3v) is 3.33. The molecule has 0 aromatic carbocycles. The average Bonchev–Trinajstić information content (AvgIpc) is 2.15. The quantitative estimate of drug-likeness (QED) is 0.468. The van der Waals surface area contributed by atoms with Crippen LogP contribution in [0.1, 0.15) is 44.9 Å². The van der Waals surface area contributed by atoms with Crippen molar-refractivity contribution >= 4 is 0 Å². The molecule has 1 aliphatic carbocycles. The monoisotopic (exact) mass is 211 g/mol. The number of allylic oxidation sites excluding steroid dienone is 1. The first kappa shape index (κ1) is 12.7. The van der Waals surface area contributed by atoms with Gasteiger partial charge in [0.2, 0.25) is 0 Å². The molecule has 2 heteroatoms. The molecular formula is C13H25NO. The fraction of sp³-hybridized carbons (Fsp3) is 0.846. The van der Waals surface area contributed by atoms with E-state index < -0.39 is 0 Å². The highest BCUT2D eigenvalue weighted by atomic mass is 16.3. The summed E-state index contributed by atoms with van der Waals surface area (Å²) in [5.41, 5.74) is 0. The van der Waals surface area contributed by atoms with Crippen LogP contribution in [0.3, 0.4) is 0 Å². The van der Waals surface area contributed by atoms with Crippen molar-refractivity contribution in [3.63, 3.8) is 0 Å². The summed E-state index contributed by atoms with van der Waals surface area (Å²) < 4.78 is 0. The summed E-state index contributed by atoms with van der Waals surface area (Å²) >= 11 is 0. The van der Waals surface area contributed by atoms with Crippen LogP contribution in [0.25, 0.3) is 0 Å². The van der Waals surface area contributed by atoms with E-state index in [1.165, 1.54) is 45.1 Å². The third-order valence-electron chi connectivity index (χ3n) is 3.33. The highest BCUT2D eigenvalue weighted by Gasteiger charge is 2.23. The van der Waals surface area contributed by atoms with Crippen LogP contribution in [0.4, 0.5) is 0 Å². The Hall–Kier alpha value is -0.340. The lowest BCUT2D eigenvalue weighted by Gasteiger charge is -2.37. The minimum Gasteiger partial charge on any atom is -0.395 e. The molecule has 15 heavy (non-hydrogen) atoms. The van der Waals surface area contributed by atoms with Gasteiger partial charge in [0.15, 0.2) is 0 Å². The van der Waals surface area contributed by atoms with Crippen molar-refractivity contribution in [2.24, 2.45) is 0 Å². The second-order valence-corrected chi connectivity index (χ2v) is 4.48. The predicted octanol–water partition coefficient (Wildman–Crippen LogP) is 2.58. The van der Waals surface area contributed by atoms with Gasteiger partial charge < -0.3 is 5.11 Å². The van der Waals surface area contributed by atoms with E-state index in [4.69, 9.17) is 5.11 Å². The largest absolute Gasteiger partial charge is 0.395 e. The zero-order valence-electron chi connectivity index (χ0n) is 9.83. The van der Waals surface area contributed by atoms with Gasteiger partial charge in [-0.15, -0.1) is 6.58 Å². The summed E-state index contributed by atoms with van der Waals surface area (Å²) in [5.74, 6) is 0. The minimum atomic E-state index is 0.309. The molecule has 1 saturated carbocycles. The van der Waals surface area contributed by atoms with Crippen LogP contribution in [0, 0.1) is 0 Å². The smallest absolute Gasteiger partial charge is 0.0558 e. The highest BCUT2D eigenvalue weighted by Crippen LogP contribution is 2.24. The molecule has 0 aromatic rings. The minimum absolute atomic E-state index is 0.309. The van der Waals surface area contributed by atoms with Crippen LogP contribution in [0.2, 0.25) is 0 Å². The first-order chi connectivity index (χ1) is 7.38. The first-order valence-electron chi connectivity index (χ1n) is 6.34. The number of rotatable bonds is 9. The van der Waals surface area contributed by atoms with Crippen LogP contribution in [0.5, 0.6) is 0 Å². The molecule has 0 radical (unpaired) electrons. The van der Waals surface area contributed by atoms with E-state index in [0.717, 1.165) is 19.0 Å². The Kier molecular flexibility index (Phi) is 6.69. The normalized spacial score (nSPS) is 16.7. The van der Waals surface area contributed by atoms with Crippen molar-refractivity contribution < 1.29 is 5.11 Å². The zero-order valence-corrected chi connectivity index (χ0v) is 9.83. The van der Waals surface area contributed by atoms with Crippen molar-refractivity contribution in [3.8, 4) is 0 Å². The molecule has 0 amide bonds. The van der Waals surface area contributed by atoms with Crippen molar-refractivity contribution in [1.29, 1.82) is 0 Å². The first-order valence-corrected chi connectivity index (χ1v) is 6.34. The number of hydrogen-bond acceptors (Lipinski definition) is 2. The molecule has 88 valence electrons. The molecule has 0 aliphatic heterocycles. The molecule has 1 aliphatic rings. The van der Waals surface area contributed by atoms with E-state index in [9.17, 15) is 0 Å². The lowest BCUT2D eigenvalue weighted by molar-refractivity contribution is 0.0995. The van der Waals surface area contributed by atoms with Gasteiger partial charge in [-0.25, -0.2) is 0 Å². The zero-order chi connectivity index (χ0) is 10.9. The van der Waals surface area contributed by atoms with Gasteiger partial charge in [0, 0.05) is 12.6 Å². The van der Waals surface area contributed by atoms with E-state index in [1.807, 2.05) is 6.08 Å². The lowest BCUT2D eigenvalue weighted by atomic mass is 9.91. The fourth-order valence-electron chi connectivity index (χ4n) is 2.14. The van der Waals surface area contributed by atoms with Crippen LogP contribution < -0.4 is 0 Å². The molecule has 0 spiro atoms. The molecule has 0 aromatic heterocycles. The third kappa shape index (κ3) is 4.80. The predicted molar refractivity (Wildman–Crippen MR) is 65.0 cm³/mol. The average molecular weight is 211 g/mol. The van der Waals surface area contributed by atoms with Crippen LogP contribution in [-0.4, -0.2) is 35.7 Å². The lowest BCUT2D eigenvalue weighted by Crippen LogP contribution is -2.42. The second kappa shape index (κ2) is 7.89. The maximum atomic E-state index is 8.99. The molecule has 2 nitrogen and oxygen atoms in total. The fourth-order valence-corrected chi connectivity index (χ4v) is 2.14. The van der Waals surface area contributed by atoms with Gasteiger partial charge in [-0.05, 0) is 38.6 Å². The molecule has 0 heterocycles. The Morgan fingerprint density at radius 1 is 1.20 bits per heavy atom. The molecule has 0 bridgehead atoms. The molecule has 1 N–H and O–H groups in total. The van der Waals surface area contributed by atoms with E-state index in [-0.39, 0.29) is 0 Å². The van der Waals surface area contributed by atoms with Crippen molar-refractivity contribution in [2.45, 2.75) is 51.0 Å². The standard InChI is InChI=1S/C13H25NO/c1-2-3-4-5-6-10-14(11-12-15)13-8-7-9-13/h2,13,15H,1,3-12H2. The number of aliphatic hydroxyl groups is 1. The van der Waals surface area contributed by atoms with Gasteiger partial charge in [0.1, 0.15) is 0 Å². The van der Waals surface area contributed by atoms with Crippen LogP contribution >= 0.6 is 0 Å². The van der Waals surface area contributed by atoms with Gasteiger partial charge in [-0.2, -0.15) is 0 Å². The molecule has 0 unspecified atom stereocenters. The van der Waals surface area contributed by atoms with Crippen molar-refractivity contribution in [3.05, 3.63) is 12.7 Å². The topological polar surface area (TPSA) is 23.5 Å². The summed E-state index contributed by atoms with van der Waals surface area (Å²) in [6, 6.07) is 0.775. The van der Waals surface area contributed by atoms with E-state index >= 15 is 0 Å². The Balaban J connectivity index is 2.05. The van der Waals surface area contributed by atoms with Crippen LogP contribution in [0.15, 0.2) is 12.7 Å². The summed E-state index contributed by atoms with van der Waals surface area (Å²) in [6.07, 6.45) is 11.0.